The Morgan fingerprint density at radius 3 is 2.40 bits per heavy atom. The topological polar surface area (TPSA) is 46.2 Å². The fourth-order valence-electron chi connectivity index (χ4n) is 0.569. The van der Waals surface area contributed by atoms with Gasteiger partial charge in [-0.25, -0.2) is 13.1 Å². The van der Waals surface area contributed by atoms with Crippen molar-refractivity contribution < 1.29 is 8.42 Å². The molecule has 0 atom stereocenters. The minimum absolute atomic E-state index is 0.529. The molecule has 0 amide bonds. The van der Waals surface area contributed by atoms with E-state index in [4.69, 9.17) is 0 Å². The lowest BCUT2D eigenvalue weighted by Crippen LogP contribution is -2.18. The zero-order valence-electron chi connectivity index (χ0n) is 5.93. The van der Waals surface area contributed by atoms with Crippen LogP contribution in [0.1, 0.15) is 26.2 Å². The molecule has 0 fully saturated rings. The van der Waals surface area contributed by atoms with Crippen LogP contribution in [0.3, 0.4) is 0 Å². The molecular weight excluding hydrogens is 218 g/mol. The van der Waals surface area contributed by atoms with Crippen molar-refractivity contribution in [2.45, 2.75) is 26.2 Å². The Bertz CT molecular complexity index is 166. The van der Waals surface area contributed by atoms with Gasteiger partial charge in [-0.15, -0.1) is 0 Å². The standard InChI is InChI=1S/C5H12BrNO2S/c1-2-3-4-5-7-10(6,8)9/h7H,2-5H2,1H3. The van der Waals surface area contributed by atoms with E-state index in [9.17, 15) is 8.42 Å². The molecule has 0 aliphatic heterocycles. The highest BCUT2D eigenvalue weighted by Gasteiger charge is 1.99. The summed E-state index contributed by atoms with van der Waals surface area (Å²) in [6.07, 6.45) is 3.07. The summed E-state index contributed by atoms with van der Waals surface area (Å²) in [6, 6.07) is 0. The van der Waals surface area contributed by atoms with E-state index in [0.29, 0.717) is 6.54 Å². The second-order valence-electron chi connectivity index (χ2n) is 2.04. The third kappa shape index (κ3) is 8.39. The van der Waals surface area contributed by atoms with Crippen molar-refractivity contribution in [1.82, 2.24) is 4.72 Å². The van der Waals surface area contributed by atoms with Gasteiger partial charge in [-0.05, 0) is 6.42 Å². The van der Waals surface area contributed by atoms with Crippen molar-refractivity contribution in [1.29, 1.82) is 0 Å². The first-order valence-corrected chi connectivity index (χ1v) is 6.58. The summed E-state index contributed by atoms with van der Waals surface area (Å²) in [5, 5.41) is 0. The molecule has 10 heavy (non-hydrogen) atoms. The quantitative estimate of drug-likeness (QED) is 0.573. The smallest absolute Gasteiger partial charge is 0.206 e. The maximum atomic E-state index is 10.4. The van der Waals surface area contributed by atoms with Gasteiger partial charge in [0, 0.05) is 6.54 Å². The van der Waals surface area contributed by atoms with Gasteiger partial charge in [-0.1, -0.05) is 19.8 Å². The van der Waals surface area contributed by atoms with E-state index in [2.05, 4.69) is 26.5 Å². The summed E-state index contributed by atoms with van der Waals surface area (Å²) < 4.78 is 23.1. The molecule has 0 unspecified atom stereocenters. The second kappa shape index (κ2) is 5.09. The number of hydrogen-bond acceptors (Lipinski definition) is 2. The highest BCUT2D eigenvalue weighted by molar-refractivity contribution is 9.47. The summed E-state index contributed by atoms with van der Waals surface area (Å²) in [5.41, 5.74) is 0. The van der Waals surface area contributed by atoms with Crippen LogP contribution < -0.4 is 4.72 Å². The molecule has 0 heterocycles. The largest absolute Gasteiger partial charge is 0.272 e. The molecule has 0 bridgehead atoms. The maximum absolute atomic E-state index is 10.4. The predicted molar refractivity (Wildman–Crippen MR) is 45.4 cm³/mol. The Kier molecular flexibility index (Phi) is 5.29. The van der Waals surface area contributed by atoms with Crippen LogP contribution in [0.5, 0.6) is 0 Å². The van der Waals surface area contributed by atoms with Gasteiger partial charge in [0.25, 0.3) is 8.46 Å². The molecule has 0 aliphatic carbocycles. The molecule has 5 heteroatoms. The molecule has 0 spiro atoms. The molecular formula is C5H12BrNO2S. The molecule has 0 aromatic heterocycles. The second-order valence-corrected chi connectivity index (χ2v) is 5.76. The van der Waals surface area contributed by atoms with Gasteiger partial charge in [-0.2, -0.15) is 0 Å². The third-order valence-corrected chi connectivity index (χ3v) is 2.29. The van der Waals surface area contributed by atoms with E-state index < -0.39 is 8.46 Å². The van der Waals surface area contributed by atoms with Gasteiger partial charge < -0.3 is 0 Å². The maximum Gasteiger partial charge on any atom is 0.272 e. The minimum Gasteiger partial charge on any atom is -0.206 e. The summed E-state index contributed by atoms with van der Waals surface area (Å²) in [6.45, 7) is 2.60. The molecule has 62 valence electrons. The Morgan fingerprint density at radius 2 is 2.00 bits per heavy atom. The van der Waals surface area contributed by atoms with Crippen molar-refractivity contribution in [2.75, 3.05) is 6.54 Å². The highest BCUT2D eigenvalue weighted by atomic mass is 79.9. The normalized spacial score (nSPS) is 11.8. The number of nitrogens with one attached hydrogen (secondary N) is 1. The number of unbranched alkanes of at least 4 members (excludes halogenated alkanes) is 2. The van der Waals surface area contributed by atoms with E-state index >= 15 is 0 Å². The van der Waals surface area contributed by atoms with Crippen LogP contribution in [0.25, 0.3) is 0 Å². The van der Waals surface area contributed by atoms with E-state index in [1.54, 1.807) is 0 Å². The van der Waals surface area contributed by atoms with Gasteiger partial charge >= 0.3 is 0 Å². The molecule has 0 saturated carbocycles. The van der Waals surface area contributed by atoms with Crippen LogP contribution >= 0.6 is 14.8 Å². The lowest BCUT2D eigenvalue weighted by molar-refractivity contribution is 0.592. The molecule has 0 rings (SSSR count). The lowest BCUT2D eigenvalue weighted by Gasteiger charge is -1.97. The van der Waals surface area contributed by atoms with Crippen LogP contribution in [0.15, 0.2) is 0 Å². The molecule has 0 aliphatic rings. The van der Waals surface area contributed by atoms with E-state index in [1.807, 2.05) is 0 Å². The first kappa shape index (κ1) is 10.4. The van der Waals surface area contributed by atoms with Crippen molar-refractivity contribution >= 4 is 23.3 Å². The average Bonchev–Trinajstić information content (AvgIpc) is 1.78. The zero-order chi connectivity index (χ0) is 8.04. The SMILES string of the molecule is CCCCCNS(=O)(=O)Br. The molecule has 0 saturated heterocycles. The Labute approximate surface area is 69.5 Å². The van der Waals surface area contributed by atoms with Crippen LogP contribution in [0.4, 0.5) is 0 Å². The van der Waals surface area contributed by atoms with Crippen LogP contribution in [0.2, 0.25) is 0 Å². The van der Waals surface area contributed by atoms with E-state index in [1.165, 1.54) is 0 Å². The van der Waals surface area contributed by atoms with Crippen LogP contribution in [-0.4, -0.2) is 15.0 Å². The van der Waals surface area contributed by atoms with Gasteiger partial charge in [-0.3, -0.25) is 0 Å². The van der Waals surface area contributed by atoms with Crippen molar-refractivity contribution in [2.24, 2.45) is 0 Å². The molecule has 1 N–H and O–H groups in total. The Balaban J connectivity index is 3.21. The number of rotatable bonds is 5. The third-order valence-electron chi connectivity index (χ3n) is 1.05. The summed E-state index contributed by atoms with van der Waals surface area (Å²) in [5.74, 6) is 0. The Hall–Kier alpha value is 0.390. The zero-order valence-corrected chi connectivity index (χ0v) is 8.33. The van der Waals surface area contributed by atoms with Gasteiger partial charge in [0.2, 0.25) is 0 Å². The fourth-order valence-corrected chi connectivity index (χ4v) is 1.44. The molecule has 3 nitrogen and oxygen atoms in total. The van der Waals surface area contributed by atoms with Gasteiger partial charge in [0.1, 0.15) is 0 Å². The first-order chi connectivity index (χ1) is 4.56. The average molecular weight is 230 g/mol. The van der Waals surface area contributed by atoms with Crippen molar-refractivity contribution in [3.05, 3.63) is 0 Å². The van der Waals surface area contributed by atoms with Crippen molar-refractivity contribution in [3.8, 4) is 0 Å². The molecule has 0 aromatic carbocycles. The summed E-state index contributed by atoms with van der Waals surface area (Å²) in [7, 11) is -3.14. The number of halogens is 1. The fraction of sp³-hybridized carbons (Fsp3) is 1.00. The summed E-state index contributed by atoms with van der Waals surface area (Å²) in [4.78, 5) is 0. The monoisotopic (exact) mass is 229 g/mol. The highest BCUT2D eigenvalue weighted by Crippen LogP contribution is 1.96. The lowest BCUT2D eigenvalue weighted by atomic mass is 10.3. The summed E-state index contributed by atoms with van der Waals surface area (Å²) >= 11 is 2.49. The van der Waals surface area contributed by atoms with Crippen LogP contribution in [0, 0.1) is 0 Å². The predicted octanol–water partition coefficient (Wildman–Crippen LogP) is 1.41. The van der Waals surface area contributed by atoms with E-state index in [-0.39, 0.29) is 0 Å². The Morgan fingerprint density at radius 1 is 1.40 bits per heavy atom. The van der Waals surface area contributed by atoms with Gasteiger partial charge in [0.15, 0.2) is 0 Å². The van der Waals surface area contributed by atoms with Crippen LogP contribution in [-0.2, 0) is 8.46 Å². The van der Waals surface area contributed by atoms with Gasteiger partial charge in [0.05, 0.1) is 14.8 Å². The first-order valence-electron chi connectivity index (χ1n) is 3.25. The molecule has 0 aromatic rings. The number of hydrogen-bond donors (Lipinski definition) is 1. The van der Waals surface area contributed by atoms with Crippen molar-refractivity contribution in [3.63, 3.8) is 0 Å². The minimum atomic E-state index is -3.14. The van der Waals surface area contributed by atoms with E-state index in [0.717, 1.165) is 19.3 Å². The molecule has 0 radical (unpaired) electrons.